The first-order chi connectivity index (χ1) is 3.80. The monoisotopic (exact) mass is 115 g/mol. The Labute approximate surface area is 48.1 Å². The highest BCUT2D eigenvalue weighted by Crippen LogP contribution is 2.53. The third kappa shape index (κ3) is 0.395. The number of fused-ring (bicyclic) bond motifs is 1. The van der Waals surface area contributed by atoms with Crippen LogP contribution in [0.4, 0.5) is 4.39 Å². The normalized spacial score (nSPS) is 60.8. The van der Waals surface area contributed by atoms with Gasteiger partial charge in [-0.3, -0.25) is 0 Å². The third-order valence-electron chi connectivity index (χ3n) is 2.46. The van der Waals surface area contributed by atoms with Crippen LogP contribution >= 0.6 is 0 Å². The van der Waals surface area contributed by atoms with E-state index in [-0.39, 0.29) is 12.0 Å². The van der Waals surface area contributed by atoms with E-state index in [1.165, 1.54) is 0 Å². The van der Waals surface area contributed by atoms with Crippen LogP contribution in [0.2, 0.25) is 0 Å². The molecule has 2 N–H and O–H groups in total. The predicted octanol–water partition coefficient (Wildman–Crippen LogP) is 0.692. The van der Waals surface area contributed by atoms with Crippen LogP contribution in [-0.4, -0.2) is 12.2 Å². The Kier molecular flexibility index (Phi) is 0.734. The second-order valence-electron chi connectivity index (χ2n) is 2.93. The van der Waals surface area contributed by atoms with Crippen LogP contribution in [0.3, 0.4) is 0 Å². The van der Waals surface area contributed by atoms with E-state index in [1.807, 2.05) is 0 Å². The Morgan fingerprint density at radius 1 is 1.38 bits per heavy atom. The smallest absolute Gasteiger partial charge is 0.108 e. The van der Waals surface area contributed by atoms with E-state index in [1.54, 1.807) is 0 Å². The van der Waals surface area contributed by atoms with Crippen molar-refractivity contribution in [1.29, 1.82) is 0 Å². The molecule has 46 valence electrons. The first kappa shape index (κ1) is 4.74. The molecule has 0 aliphatic heterocycles. The Morgan fingerprint density at radius 3 is 2.38 bits per heavy atom. The number of halogens is 1. The second kappa shape index (κ2) is 1.24. The number of rotatable bonds is 0. The SMILES string of the molecule is NC1CCC2C(F)C12. The van der Waals surface area contributed by atoms with Crippen molar-refractivity contribution in [3.8, 4) is 0 Å². The van der Waals surface area contributed by atoms with Gasteiger partial charge in [0.25, 0.3) is 0 Å². The lowest BCUT2D eigenvalue weighted by molar-refractivity contribution is 0.382. The van der Waals surface area contributed by atoms with E-state index in [0.717, 1.165) is 12.8 Å². The van der Waals surface area contributed by atoms with Crippen molar-refractivity contribution in [3.05, 3.63) is 0 Å². The van der Waals surface area contributed by atoms with Crippen LogP contribution in [0.5, 0.6) is 0 Å². The van der Waals surface area contributed by atoms with E-state index in [9.17, 15) is 4.39 Å². The lowest BCUT2D eigenvalue weighted by Crippen LogP contribution is -2.20. The molecule has 0 radical (unpaired) electrons. The minimum Gasteiger partial charge on any atom is -0.327 e. The largest absolute Gasteiger partial charge is 0.327 e. The summed E-state index contributed by atoms with van der Waals surface area (Å²) in [6.07, 6.45) is 1.56. The van der Waals surface area contributed by atoms with E-state index < -0.39 is 6.17 Å². The molecule has 0 aromatic carbocycles. The molecule has 2 saturated carbocycles. The third-order valence-corrected chi connectivity index (χ3v) is 2.46. The number of nitrogens with two attached hydrogens (primary N) is 1. The van der Waals surface area contributed by atoms with Gasteiger partial charge in [-0.1, -0.05) is 0 Å². The molecule has 1 nitrogen and oxygen atoms in total. The summed E-state index contributed by atoms with van der Waals surface area (Å²) in [5, 5.41) is 0. The van der Waals surface area contributed by atoms with Gasteiger partial charge in [0.05, 0.1) is 0 Å². The van der Waals surface area contributed by atoms with Gasteiger partial charge in [-0.05, 0) is 18.8 Å². The van der Waals surface area contributed by atoms with Gasteiger partial charge in [-0.2, -0.15) is 0 Å². The van der Waals surface area contributed by atoms with Gasteiger partial charge >= 0.3 is 0 Å². The Bertz CT molecular complexity index is 113. The van der Waals surface area contributed by atoms with Crippen molar-refractivity contribution in [2.45, 2.75) is 25.1 Å². The van der Waals surface area contributed by atoms with Gasteiger partial charge in [0, 0.05) is 12.0 Å². The highest BCUT2D eigenvalue weighted by atomic mass is 19.1. The molecular weight excluding hydrogens is 105 g/mol. The number of hydrogen-bond donors (Lipinski definition) is 1. The van der Waals surface area contributed by atoms with E-state index >= 15 is 0 Å². The van der Waals surface area contributed by atoms with Crippen LogP contribution < -0.4 is 5.73 Å². The summed E-state index contributed by atoms with van der Waals surface area (Å²) in [6, 6.07) is 0.190. The van der Waals surface area contributed by atoms with Gasteiger partial charge < -0.3 is 5.73 Å². The molecule has 8 heavy (non-hydrogen) atoms. The molecule has 4 unspecified atom stereocenters. The Balaban J connectivity index is 2.07. The lowest BCUT2D eigenvalue weighted by atomic mass is 10.2. The summed E-state index contributed by atoms with van der Waals surface area (Å²) in [7, 11) is 0. The molecule has 0 spiro atoms. The maximum atomic E-state index is 12.4. The maximum Gasteiger partial charge on any atom is 0.108 e. The Morgan fingerprint density at radius 2 is 2.12 bits per heavy atom. The highest BCUT2D eigenvalue weighted by Gasteiger charge is 2.57. The topological polar surface area (TPSA) is 26.0 Å². The summed E-state index contributed by atoms with van der Waals surface area (Å²) in [5.74, 6) is 0.625. The van der Waals surface area contributed by atoms with Crippen molar-refractivity contribution >= 4 is 0 Å². The van der Waals surface area contributed by atoms with Crippen LogP contribution in [0.15, 0.2) is 0 Å². The van der Waals surface area contributed by atoms with Crippen LogP contribution in [-0.2, 0) is 0 Å². The summed E-state index contributed by atoms with van der Waals surface area (Å²) < 4.78 is 12.4. The highest BCUT2D eigenvalue weighted by molar-refractivity contribution is 5.08. The molecule has 0 bridgehead atoms. The minimum absolute atomic E-state index is 0.190. The average molecular weight is 115 g/mol. The number of alkyl halides is 1. The molecule has 0 saturated heterocycles. The Hall–Kier alpha value is -0.110. The van der Waals surface area contributed by atoms with Gasteiger partial charge in [0.15, 0.2) is 0 Å². The fraction of sp³-hybridized carbons (Fsp3) is 1.00. The van der Waals surface area contributed by atoms with Crippen LogP contribution in [0.1, 0.15) is 12.8 Å². The van der Waals surface area contributed by atoms with Crippen molar-refractivity contribution < 1.29 is 4.39 Å². The summed E-state index contributed by atoms with van der Waals surface area (Å²) in [5.41, 5.74) is 5.57. The van der Waals surface area contributed by atoms with Gasteiger partial charge in [0.2, 0.25) is 0 Å². The molecule has 0 aromatic rings. The van der Waals surface area contributed by atoms with Crippen molar-refractivity contribution in [2.24, 2.45) is 17.6 Å². The quantitative estimate of drug-likeness (QED) is 0.494. The van der Waals surface area contributed by atoms with Gasteiger partial charge in [-0.25, -0.2) is 4.39 Å². The molecule has 2 aliphatic rings. The molecule has 0 aromatic heterocycles. The van der Waals surface area contributed by atoms with E-state index in [0.29, 0.717) is 5.92 Å². The van der Waals surface area contributed by atoms with E-state index in [2.05, 4.69) is 0 Å². The van der Waals surface area contributed by atoms with Crippen LogP contribution in [0.25, 0.3) is 0 Å². The molecule has 2 rings (SSSR count). The minimum atomic E-state index is -0.529. The molecular formula is C6H10FN. The molecule has 4 atom stereocenters. The zero-order chi connectivity index (χ0) is 5.72. The second-order valence-corrected chi connectivity index (χ2v) is 2.93. The molecule has 2 fully saturated rings. The average Bonchev–Trinajstić information content (AvgIpc) is 2.13. The number of hydrogen-bond acceptors (Lipinski definition) is 1. The molecule has 2 heteroatoms. The van der Waals surface area contributed by atoms with Gasteiger partial charge in [-0.15, -0.1) is 0 Å². The molecule has 0 amide bonds. The lowest BCUT2D eigenvalue weighted by Gasteiger charge is -2.01. The van der Waals surface area contributed by atoms with Crippen molar-refractivity contribution in [1.82, 2.24) is 0 Å². The van der Waals surface area contributed by atoms with Gasteiger partial charge in [0.1, 0.15) is 6.17 Å². The molecule has 2 aliphatic carbocycles. The molecule has 0 heterocycles. The van der Waals surface area contributed by atoms with Crippen LogP contribution in [0, 0.1) is 11.8 Å². The van der Waals surface area contributed by atoms with Crippen molar-refractivity contribution in [3.63, 3.8) is 0 Å². The predicted molar refractivity (Wildman–Crippen MR) is 29.1 cm³/mol. The zero-order valence-corrected chi connectivity index (χ0v) is 4.68. The summed E-state index contributed by atoms with van der Waals surface area (Å²) in [6.45, 7) is 0. The van der Waals surface area contributed by atoms with Crippen molar-refractivity contribution in [2.75, 3.05) is 0 Å². The fourth-order valence-corrected chi connectivity index (χ4v) is 1.84. The first-order valence-electron chi connectivity index (χ1n) is 3.20. The van der Waals surface area contributed by atoms with E-state index in [4.69, 9.17) is 5.73 Å². The fourth-order valence-electron chi connectivity index (χ4n) is 1.84. The zero-order valence-electron chi connectivity index (χ0n) is 4.68. The standard InChI is InChI=1S/C6H10FN/c7-6-3-1-2-4(8)5(3)6/h3-6H,1-2,8H2. The maximum absolute atomic E-state index is 12.4. The summed E-state index contributed by atoms with van der Waals surface area (Å²) in [4.78, 5) is 0. The summed E-state index contributed by atoms with van der Waals surface area (Å²) >= 11 is 0. The first-order valence-corrected chi connectivity index (χ1v) is 3.20.